The van der Waals surface area contributed by atoms with E-state index in [0.29, 0.717) is 6.61 Å². The van der Waals surface area contributed by atoms with Gasteiger partial charge in [-0.3, -0.25) is 0 Å². The standard InChI is InChI=1S/C9H18N2O2/c1-7(2)11(3)9(12)10-8-4-5-13-6-8/h7-8H,4-6H2,1-3H3,(H,10,12). The van der Waals surface area contributed by atoms with E-state index in [0.717, 1.165) is 13.0 Å². The monoisotopic (exact) mass is 186 g/mol. The second-order valence-electron chi connectivity index (χ2n) is 3.71. The Labute approximate surface area is 79.2 Å². The van der Waals surface area contributed by atoms with Crippen molar-refractivity contribution in [1.29, 1.82) is 0 Å². The van der Waals surface area contributed by atoms with Crippen LogP contribution in [0.1, 0.15) is 20.3 Å². The number of ether oxygens (including phenoxy) is 1. The third-order valence-electron chi connectivity index (χ3n) is 2.35. The van der Waals surface area contributed by atoms with Gasteiger partial charge in [0.1, 0.15) is 0 Å². The van der Waals surface area contributed by atoms with Crippen LogP contribution in [0.4, 0.5) is 4.79 Å². The number of amides is 2. The molecule has 1 aliphatic rings. The summed E-state index contributed by atoms with van der Waals surface area (Å²) in [5, 5.41) is 2.92. The maximum atomic E-state index is 11.5. The summed E-state index contributed by atoms with van der Waals surface area (Å²) < 4.78 is 5.16. The Morgan fingerprint density at radius 3 is 2.77 bits per heavy atom. The van der Waals surface area contributed by atoms with E-state index < -0.39 is 0 Å². The lowest BCUT2D eigenvalue weighted by atomic mass is 10.2. The Balaban J connectivity index is 2.31. The van der Waals surface area contributed by atoms with Gasteiger partial charge in [0.2, 0.25) is 0 Å². The van der Waals surface area contributed by atoms with Crippen LogP contribution in [0.25, 0.3) is 0 Å². The second-order valence-corrected chi connectivity index (χ2v) is 3.71. The predicted molar refractivity (Wildman–Crippen MR) is 50.7 cm³/mol. The molecule has 1 N–H and O–H groups in total. The molecule has 1 fully saturated rings. The second kappa shape index (κ2) is 4.46. The highest BCUT2D eigenvalue weighted by molar-refractivity contribution is 5.74. The smallest absolute Gasteiger partial charge is 0.317 e. The number of carbonyl (C=O) groups excluding carboxylic acids is 1. The topological polar surface area (TPSA) is 41.6 Å². The van der Waals surface area contributed by atoms with Crippen LogP contribution in [0.15, 0.2) is 0 Å². The summed E-state index contributed by atoms with van der Waals surface area (Å²) in [6.07, 6.45) is 0.928. The number of carbonyl (C=O) groups is 1. The molecular weight excluding hydrogens is 168 g/mol. The van der Waals surface area contributed by atoms with E-state index in [2.05, 4.69) is 5.32 Å². The van der Waals surface area contributed by atoms with Crippen molar-refractivity contribution in [3.63, 3.8) is 0 Å². The van der Waals surface area contributed by atoms with Crippen molar-refractivity contribution >= 4 is 6.03 Å². The van der Waals surface area contributed by atoms with Gasteiger partial charge in [-0.05, 0) is 20.3 Å². The molecule has 0 bridgehead atoms. The summed E-state index contributed by atoms with van der Waals surface area (Å²) in [4.78, 5) is 13.2. The van der Waals surface area contributed by atoms with E-state index >= 15 is 0 Å². The maximum absolute atomic E-state index is 11.5. The van der Waals surface area contributed by atoms with E-state index in [-0.39, 0.29) is 18.1 Å². The minimum atomic E-state index is -0.00880. The molecule has 0 spiro atoms. The molecule has 0 aromatic rings. The summed E-state index contributed by atoms with van der Waals surface area (Å²) in [6.45, 7) is 5.39. The summed E-state index contributed by atoms with van der Waals surface area (Å²) in [7, 11) is 1.80. The Kier molecular flexibility index (Phi) is 3.54. The first kappa shape index (κ1) is 10.3. The number of hydrogen-bond donors (Lipinski definition) is 1. The molecule has 1 saturated heterocycles. The highest BCUT2D eigenvalue weighted by atomic mass is 16.5. The van der Waals surface area contributed by atoms with Gasteiger partial charge in [0.15, 0.2) is 0 Å². The lowest BCUT2D eigenvalue weighted by molar-refractivity contribution is 0.177. The van der Waals surface area contributed by atoms with Gasteiger partial charge in [0.05, 0.1) is 12.6 Å². The quantitative estimate of drug-likeness (QED) is 0.694. The van der Waals surface area contributed by atoms with Crippen LogP contribution < -0.4 is 5.32 Å². The SMILES string of the molecule is CC(C)N(C)C(=O)NC1CCOC1. The molecule has 1 rings (SSSR count). The number of urea groups is 1. The van der Waals surface area contributed by atoms with Gasteiger partial charge >= 0.3 is 6.03 Å². The minimum Gasteiger partial charge on any atom is -0.379 e. The fourth-order valence-corrected chi connectivity index (χ4v) is 1.16. The Morgan fingerprint density at radius 2 is 2.31 bits per heavy atom. The first-order valence-corrected chi connectivity index (χ1v) is 4.72. The van der Waals surface area contributed by atoms with Crippen LogP contribution in [0.2, 0.25) is 0 Å². The number of hydrogen-bond acceptors (Lipinski definition) is 2. The molecule has 0 radical (unpaired) electrons. The molecule has 0 aromatic carbocycles. The maximum Gasteiger partial charge on any atom is 0.317 e. The third kappa shape index (κ3) is 2.88. The summed E-state index contributed by atoms with van der Waals surface area (Å²) in [6, 6.07) is 0.432. The van der Waals surface area contributed by atoms with Gasteiger partial charge in [0, 0.05) is 19.7 Å². The number of nitrogens with zero attached hydrogens (tertiary/aromatic N) is 1. The van der Waals surface area contributed by atoms with Crippen molar-refractivity contribution in [3.05, 3.63) is 0 Å². The molecule has 1 unspecified atom stereocenters. The van der Waals surface area contributed by atoms with Gasteiger partial charge in [-0.15, -0.1) is 0 Å². The molecule has 2 amide bonds. The highest BCUT2D eigenvalue weighted by Gasteiger charge is 2.20. The van der Waals surface area contributed by atoms with Crippen molar-refractivity contribution in [2.24, 2.45) is 0 Å². The Hall–Kier alpha value is -0.770. The molecule has 0 aliphatic carbocycles. The first-order valence-electron chi connectivity index (χ1n) is 4.72. The Bertz CT molecular complexity index is 176. The van der Waals surface area contributed by atoms with Crippen molar-refractivity contribution in [2.45, 2.75) is 32.4 Å². The van der Waals surface area contributed by atoms with E-state index in [1.54, 1.807) is 11.9 Å². The van der Waals surface area contributed by atoms with Crippen molar-refractivity contribution in [3.8, 4) is 0 Å². The number of nitrogens with one attached hydrogen (secondary N) is 1. The third-order valence-corrected chi connectivity index (χ3v) is 2.35. The molecule has 1 atom stereocenters. The van der Waals surface area contributed by atoms with Crippen LogP contribution >= 0.6 is 0 Å². The fourth-order valence-electron chi connectivity index (χ4n) is 1.16. The largest absolute Gasteiger partial charge is 0.379 e. The molecule has 4 heteroatoms. The molecule has 0 saturated carbocycles. The van der Waals surface area contributed by atoms with Gasteiger partial charge in [-0.2, -0.15) is 0 Å². The fraction of sp³-hybridized carbons (Fsp3) is 0.889. The lowest BCUT2D eigenvalue weighted by Crippen LogP contribution is -2.45. The predicted octanol–water partition coefficient (Wildman–Crippen LogP) is 0.825. The van der Waals surface area contributed by atoms with E-state index in [1.165, 1.54) is 0 Å². The van der Waals surface area contributed by atoms with Crippen LogP contribution in [0.3, 0.4) is 0 Å². The summed E-state index contributed by atoms with van der Waals surface area (Å²) in [5.74, 6) is 0. The number of rotatable bonds is 2. The average Bonchev–Trinajstić information content (AvgIpc) is 2.55. The normalized spacial score (nSPS) is 22.0. The average molecular weight is 186 g/mol. The lowest BCUT2D eigenvalue weighted by Gasteiger charge is -2.23. The Morgan fingerprint density at radius 1 is 1.62 bits per heavy atom. The van der Waals surface area contributed by atoms with Crippen LogP contribution in [-0.2, 0) is 4.74 Å². The van der Waals surface area contributed by atoms with Crippen molar-refractivity contribution in [2.75, 3.05) is 20.3 Å². The molecule has 1 heterocycles. The molecule has 1 aliphatic heterocycles. The van der Waals surface area contributed by atoms with E-state index in [4.69, 9.17) is 4.74 Å². The van der Waals surface area contributed by atoms with E-state index in [1.807, 2.05) is 13.8 Å². The first-order chi connectivity index (χ1) is 6.11. The molecular formula is C9H18N2O2. The van der Waals surface area contributed by atoms with Gasteiger partial charge in [-0.1, -0.05) is 0 Å². The van der Waals surface area contributed by atoms with Crippen molar-refractivity contribution in [1.82, 2.24) is 10.2 Å². The van der Waals surface area contributed by atoms with Crippen LogP contribution in [0.5, 0.6) is 0 Å². The van der Waals surface area contributed by atoms with Crippen LogP contribution in [-0.4, -0.2) is 43.3 Å². The zero-order valence-electron chi connectivity index (χ0n) is 8.54. The van der Waals surface area contributed by atoms with Gasteiger partial charge in [0.25, 0.3) is 0 Å². The minimum absolute atomic E-state index is 0.00880. The summed E-state index contributed by atoms with van der Waals surface area (Å²) >= 11 is 0. The highest BCUT2D eigenvalue weighted by Crippen LogP contribution is 2.04. The van der Waals surface area contributed by atoms with Crippen LogP contribution in [0, 0.1) is 0 Å². The van der Waals surface area contributed by atoms with Gasteiger partial charge < -0.3 is 15.0 Å². The van der Waals surface area contributed by atoms with Crippen molar-refractivity contribution < 1.29 is 9.53 Å². The zero-order chi connectivity index (χ0) is 9.84. The molecule has 76 valence electrons. The van der Waals surface area contributed by atoms with E-state index in [9.17, 15) is 4.79 Å². The molecule has 13 heavy (non-hydrogen) atoms. The summed E-state index contributed by atoms with van der Waals surface area (Å²) in [5.41, 5.74) is 0. The van der Waals surface area contributed by atoms with Gasteiger partial charge in [-0.25, -0.2) is 4.79 Å². The molecule has 4 nitrogen and oxygen atoms in total. The molecule has 0 aromatic heterocycles. The zero-order valence-corrected chi connectivity index (χ0v) is 8.54.